The molecule has 3 N–H and O–H groups in total. The molecule has 0 saturated carbocycles. The van der Waals surface area contributed by atoms with Gasteiger partial charge < -0.3 is 34.4 Å². The second-order valence-corrected chi connectivity index (χ2v) is 15.2. The zero-order chi connectivity index (χ0) is 38.8. The molecule has 1 spiro atoms. The number of phenols is 1. The van der Waals surface area contributed by atoms with Gasteiger partial charge in [-0.3, -0.25) is 4.79 Å². The van der Waals surface area contributed by atoms with Gasteiger partial charge in [-0.2, -0.15) is 13.2 Å². The van der Waals surface area contributed by atoms with Crippen LogP contribution in [0.15, 0.2) is 24.0 Å². The van der Waals surface area contributed by atoms with Gasteiger partial charge in [-0.05, 0) is 57.5 Å². The number of hydrogen-bond donors (Lipinski definition) is 3. The van der Waals surface area contributed by atoms with Crippen molar-refractivity contribution in [1.82, 2.24) is 4.90 Å². The van der Waals surface area contributed by atoms with Crippen molar-refractivity contribution in [3.8, 4) is 11.5 Å². The fourth-order valence-corrected chi connectivity index (χ4v) is 8.58. The summed E-state index contributed by atoms with van der Waals surface area (Å²) in [5, 5.41) is 30.1. The number of carboxylic acid groups (broad SMARTS) is 1. The summed E-state index contributed by atoms with van der Waals surface area (Å²) in [6.45, 7) is 4.54. The minimum absolute atomic E-state index is 0.0223. The number of aromatic hydroxyl groups is 1. The van der Waals surface area contributed by atoms with Crippen molar-refractivity contribution < 1.29 is 57.1 Å². The summed E-state index contributed by atoms with van der Waals surface area (Å²) in [6, 6.07) is 3.43. The molecule has 5 rings (SSSR count). The second kappa shape index (κ2) is 18.8. The number of carbonyl (C=O) groups is 3. The first-order chi connectivity index (χ1) is 25.2. The van der Waals surface area contributed by atoms with E-state index in [-0.39, 0.29) is 18.2 Å². The average molecular weight is 754 g/mol. The third-order valence-electron chi connectivity index (χ3n) is 11.4. The van der Waals surface area contributed by atoms with Crippen molar-refractivity contribution in [2.24, 2.45) is 0 Å². The van der Waals surface area contributed by atoms with Crippen LogP contribution in [0, 0.1) is 0 Å². The third-order valence-corrected chi connectivity index (χ3v) is 11.4. The van der Waals surface area contributed by atoms with Crippen molar-refractivity contribution in [2.75, 3.05) is 13.6 Å². The number of aliphatic carboxylic acids is 1. The lowest BCUT2D eigenvalue weighted by molar-refractivity contribution is -0.192. The van der Waals surface area contributed by atoms with E-state index in [4.69, 9.17) is 24.1 Å². The molecule has 1 aromatic rings. The van der Waals surface area contributed by atoms with Gasteiger partial charge in [0.1, 0.15) is 5.76 Å². The van der Waals surface area contributed by atoms with Crippen LogP contribution in [0.3, 0.4) is 0 Å². The molecule has 1 unspecified atom stereocenters. The molecule has 2 aliphatic carbocycles. The Bertz CT molecular complexity index is 1450. The first-order valence-corrected chi connectivity index (χ1v) is 19.5. The Morgan fingerprint density at radius 1 is 0.962 bits per heavy atom. The van der Waals surface area contributed by atoms with E-state index in [9.17, 15) is 33.0 Å². The molecule has 4 aliphatic rings. The Labute approximate surface area is 311 Å². The van der Waals surface area contributed by atoms with E-state index in [2.05, 4.69) is 11.8 Å². The molecule has 53 heavy (non-hydrogen) atoms. The van der Waals surface area contributed by atoms with Crippen molar-refractivity contribution in [2.45, 2.75) is 171 Å². The number of carbonyl (C=O) groups excluding carboxylic acids is 2. The molecule has 5 atom stereocenters. The Morgan fingerprint density at radius 2 is 1.51 bits per heavy atom. The second-order valence-electron chi connectivity index (χ2n) is 15.2. The molecule has 0 radical (unpaired) electrons. The van der Waals surface area contributed by atoms with Crippen LogP contribution >= 0.6 is 0 Å². The first kappa shape index (κ1) is 42.4. The molecule has 2 bridgehead atoms. The SMILES string of the molecule is CCCCCCCCCCCCCCCCCC(=O)OC(C)C(=O)OC1=CC[C@@]2(O)[C@H]3Cc4ccc(O)c5c4[C@@]2(CCN3C)[C@H]1O5.O=C(O)C(F)(F)F. The smallest absolute Gasteiger partial charge is 0.490 e. The number of aliphatic hydroxyl groups is 1. The topological polar surface area (TPSA) is 143 Å². The number of carboxylic acids is 1. The maximum atomic E-state index is 13.1. The summed E-state index contributed by atoms with van der Waals surface area (Å²) in [7, 11) is 2.03. The van der Waals surface area contributed by atoms with E-state index in [1.807, 2.05) is 13.1 Å². The summed E-state index contributed by atoms with van der Waals surface area (Å²) < 4.78 is 49.4. The number of nitrogens with zero attached hydrogens (tertiary/aromatic N) is 1. The van der Waals surface area contributed by atoms with E-state index in [0.717, 1.165) is 36.9 Å². The van der Waals surface area contributed by atoms with Gasteiger partial charge in [-0.15, -0.1) is 0 Å². The number of piperidine rings is 1. The summed E-state index contributed by atoms with van der Waals surface area (Å²) in [5.41, 5.74) is -0.0686. The lowest BCUT2D eigenvalue weighted by atomic mass is 9.50. The Kier molecular flexibility index (Phi) is 15.1. The molecule has 2 aliphatic heterocycles. The van der Waals surface area contributed by atoms with Gasteiger partial charge in [0, 0.05) is 24.4 Å². The number of phenolic OH excluding ortho intramolecular Hbond substituents is 1. The summed E-state index contributed by atoms with van der Waals surface area (Å²) in [5.74, 6) is -3.11. The predicted octanol–water partition coefficient (Wildman–Crippen LogP) is 8.04. The van der Waals surface area contributed by atoms with Crippen LogP contribution in [0.5, 0.6) is 11.5 Å². The minimum atomic E-state index is -5.08. The van der Waals surface area contributed by atoms with Crippen LogP contribution < -0.4 is 4.74 Å². The van der Waals surface area contributed by atoms with Crippen LogP contribution in [0.2, 0.25) is 0 Å². The summed E-state index contributed by atoms with van der Waals surface area (Å²) in [4.78, 5) is 36.7. The van der Waals surface area contributed by atoms with Crippen LogP contribution in [-0.2, 0) is 35.7 Å². The Hall–Kier alpha value is -3.32. The molecule has 10 nitrogen and oxygen atoms in total. The van der Waals surface area contributed by atoms with E-state index >= 15 is 0 Å². The third kappa shape index (κ3) is 9.87. The number of hydrogen-bond acceptors (Lipinski definition) is 9. The molecule has 1 fully saturated rings. The van der Waals surface area contributed by atoms with Crippen molar-refractivity contribution in [3.05, 3.63) is 35.1 Å². The standard InChI is InChI=1S/C38H57NO7.C2HF3O2/c1-4-5-6-7-8-9-10-11-12-13-14-15-16-17-18-19-32(41)44-27(2)36(42)45-30-22-23-38(43)31-26-28-20-21-29(40)34-33(28)37(38,35(30)46-34)24-25-39(31)3;3-2(4,5)1(6)7/h20-22,27,31,35,40,43H,4-19,23-26H2,1-3H3;(H,6,7)/t27?,31-,35+,37+,38-;/m1./s1. The van der Waals surface area contributed by atoms with E-state index < -0.39 is 47.3 Å². The lowest BCUT2D eigenvalue weighted by Crippen LogP contribution is -2.74. The molecule has 2 heterocycles. The molecule has 1 saturated heterocycles. The summed E-state index contributed by atoms with van der Waals surface area (Å²) in [6.07, 6.45) is 15.6. The van der Waals surface area contributed by atoms with Crippen molar-refractivity contribution >= 4 is 17.9 Å². The Morgan fingerprint density at radius 3 is 2.06 bits per heavy atom. The number of unbranched alkanes of at least 4 members (excludes halogenated alkanes) is 14. The van der Waals surface area contributed by atoms with Gasteiger partial charge in [0.2, 0.25) is 0 Å². The van der Waals surface area contributed by atoms with Gasteiger partial charge in [-0.25, -0.2) is 9.59 Å². The molecule has 13 heteroatoms. The molecular weight excluding hydrogens is 695 g/mol. The van der Waals surface area contributed by atoms with Gasteiger partial charge in [0.25, 0.3) is 0 Å². The number of likely N-dealkylation sites (N-methyl/N-ethyl adjacent to an activating group) is 1. The number of benzene rings is 1. The number of ether oxygens (including phenoxy) is 3. The maximum absolute atomic E-state index is 13.1. The predicted molar refractivity (Wildman–Crippen MR) is 191 cm³/mol. The number of esters is 2. The van der Waals surface area contributed by atoms with Crippen LogP contribution in [-0.4, -0.2) is 81.7 Å². The highest BCUT2D eigenvalue weighted by molar-refractivity contribution is 5.80. The highest BCUT2D eigenvalue weighted by atomic mass is 19.4. The maximum Gasteiger partial charge on any atom is 0.490 e. The van der Waals surface area contributed by atoms with Gasteiger partial charge in [-0.1, -0.05) is 103 Å². The minimum Gasteiger partial charge on any atom is -0.504 e. The fourth-order valence-electron chi connectivity index (χ4n) is 8.58. The molecule has 0 aromatic heterocycles. The van der Waals surface area contributed by atoms with Crippen molar-refractivity contribution in [3.63, 3.8) is 0 Å². The van der Waals surface area contributed by atoms with Crippen LogP contribution in [0.1, 0.15) is 141 Å². The molecule has 1 aromatic carbocycles. The number of halogens is 3. The summed E-state index contributed by atoms with van der Waals surface area (Å²) >= 11 is 0. The fraction of sp³-hybridized carbons (Fsp3) is 0.725. The lowest BCUT2D eigenvalue weighted by Gasteiger charge is -2.61. The number of alkyl halides is 3. The molecule has 298 valence electrons. The molecule has 0 amide bonds. The zero-order valence-electron chi connectivity index (χ0n) is 31.5. The first-order valence-electron chi connectivity index (χ1n) is 19.5. The number of likely N-dealkylation sites (tertiary alicyclic amines) is 1. The van der Waals surface area contributed by atoms with Crippen molar-refractivity contribution in [1.29, 1.82) is 0 Å². The van der Waals surface area contributed by atoms with Crippen LogP contribution in [0.4, 0.5) is 13.2 Å². The average Bonchev–Trinajstić information content (AvgIpc) is 3.46. The van der Waals surface area contributed by atoms with E-state index in [1.165, 1.54) is 84.0 Å². The largest absolute Gasteiger partial charge is 0.504 e. The highest BCUT2D eigenvalue weighted by Gasteiger charge is 2.72. The van der Waals surface area contributed by atoms with Gasteiger partial charge in [0.15, 0.2) is 23.7 Å². The highest BCUT2D eigenvalue weighted by Crippen LogP contribution is 2.65. The quantitative estimate of drug-likeness (QED) is 0.0939. The zero-order valence-corrected chi connectivity index (χ0v) is 31.5. The number of rotatable bonds is 19. The normalized spacial score (nSPS) is 24.5. The van der Waals surface area contributed by atoms with E-state index in [1.54, 1.807) is 12.1 Å². The van der Waals surface area contributed by atoms with Gasteiger partial charge in [0.05, 0.1) is 11.0 Å². The monoisotopic (exact) mass is 753 g/mol. The van der Waals surface area contributed by atoms with E-state index in [0.29, 0.717) is 30.8 Å². The van der Waals surface area contributed by atoms with Crippen LogP contribution in [0.25, 0.3) is 0 Å². The van der Waals surface area contributed by atoms with Gasteiger partial charge >= 0.3 is 24.1 Å². The molecular formula is C40H58F3NO9. The Balaban J connectivity index is 0.000000815.